The summed E-state index contributed by atoms with van der Waals surface area (Å²) < 4.78 is 0. The van der Waals surface area contributed by atoms with Crippen LogP contribution in [0, 0.1) is 0 Å². The van der Waals surface area contributed by atoms with Crippen molar-refractivity contribution < 1.29 is 0 Å². The van der Waals surface area contributed by atoms with Gasteiger partial charge in [-0.05, 0) is 60.9 Å². The van der Waals surface area contributed by atoms with Gasteiger partial charge in [-0.25, -0.2) is 0 Å². The van der Waals surface area contributed by atoms with E-state index in [0.29, 0.717) is 0 Å². The Morgan fingerprint density at radius 3 is 2.79 bits per heavy atom. The van der Waals surface area contributed by atoms with Crippen LogP contribution in [0.1, 0.15) is 42.8 Å². The molecule has 2 aromatic rings. The lowest BCUT2D eigenvalue weighted by Crippen LogP contribution is -2.00. The minimum atomic E-state index is 0.994. The molecule has 0 unspecified atom stereocenters. The second-order valence-corrected chi connectivity index (χ2v) is 5.18. The Morgan fingerprint density at radius 2 is 2.00 bits per heavy atom. The zero-order valence-corrected chi connectivity index (χ0v) is 11.7. The molecule has 0 atom stereocenters. The molecular formula is C17H20N2. The highest BCUT2D eigenvalue weighted by Gasteiger charge is 2.17. The zero-order chi connectivity index (χ0) is 13.2. The summed E-state index contributed by atoms with van der Waals surface area (Å²) in [6.07, 6.45) is 9.48. The van der Waals surface area contributed by atoms with Crippen LogP contribution in [0.4, 0.5) is 0 Å². The quantitative estimate of drug-likeness (QED) is 0.831. The fourth-order valence-corrected chi connectivity index (χ4v) is 2.99. The first-order valence-electron chi connectivity index (χ1n) is 7.28. The molecule has 98 valence electrons. The summed E-state index contributed by atoms with van der Waals surface area (Å²) in [5.41, 5.74) is 7.97. The van der Waals surface area contributed by atoms with Gasteiger partial charge in [-0.2, -0.15) is 0 Å². The first-order valence-corrected chi connectivity index (χ1v) is 7.28. The van der Waals surface area contributed by atoms with Crippen molar-refractivity contribution >= 4 is 0 Å². The maximum absolute atomic E-state index is 4.90. The van der Waals surface area contributed by atoms with Crippen molar-refractivity contribution in [1.29, 1.82) is 0 Å². The van der Waals surface area contributed by atoms with E-state index in [2.05, 4.69) is 31.0 Å². The van der Waals surface area contributed by atoms with Crippen molar-refractivity contribution in [1.82, 2.24) is 9.97 Å². The molecule has 0 radical (unpaired) electrons. The zero-order valence-electron chi connectivity index (χ0n) is 11.7. The summed E-state index contributed by atoms with van der Waals surface area (Å²) in [6, 6.07) is 4.51. The molecule has 3 rings (SSSR count). The number of rotatable bonds is 3. The van der Waals surface area contributed by atoms with E-state index in [1.807, 2.05) is 12.4 Å². The maximum Gasteiger partial charge on any atom is 0.0482 e. The molecule has 2 nitrogen and oxygen atoms in total. The third-order valence-corrected chi connectivity index (χ3v) is 4.04. The molecule has 2 heterocycles. The Morgan fingerprint density at radius 1 is 1.11 bits per heavy atom. The van der Waals surface area contributed by atoms with Crippen molar-refractivity contribution in [3.63, 3.8) is 0 Å². The van der Waals surface area contributed by atoms with Crippen LogP contribution in [0.3, 0.4) is 0 Å². The van der Waals surface area contributed by atoms with E-state index in [4.69, 9.17) is 4.98 Å². The van der Waals surface area contributed by atoms with Crippen LogP contribution in [0.2, 0.25) is 0 Å². The Kier molecular flexibility index (Phi) is 3.33. The molecule has 1 aliphatic rings. The SMILES string of the molecule is CCc1cnccc1-c1cc2c(nc1CC)CCC2. The van der Waals surface area contributed by atoms with Crippen LogP contribution in [0.25, 0.3) is 11.1 Å². The van der Waals surface area contributed by atoms with E-state index in [1.54, 1.807) is 0 Å². The van der Waals surface area contributed by atoms with Gasteiger partial charge in [-0.3, -0.25) is 9.97 Å². The molecule has 0 amide bonds. The number of fused-ring (bicyclic) bond motifs is 1. The Bertz CT molecular complexity index is 602. The van der Waals surface area contributed by atoms with Crippen molar-refractivity contribution in [2.75, 3.05) is 0 Å². The summed E-state index contributed by atoms with van der Waals surface area (Å²) >= 11 is 0. The Hall–Kier alpha value is -1.70. The molecule has 1 aliphatic carbocycles. The second kappa shape index (κ2) is 5.12. The normalized spacial score (nSPS) is 13.6. The lowest BCUT2D eigenvalue weighted by Gasteiger charge is -2.13. The monoisotopic (exact) mass is 252 g/mol. The first-order chi connectivity index (χ1) is 9.33. The number of aryl methyl sites for hydroxylation is 4. The van der Waals surface area contributed by atoms with Gasteiger partial charge in [0.1, 0.15) is 0 Å². The van der Waals surface area contributed by atoms with Gasteiger partial charge in [-0.15, -0.1) is 0 Å². The fraction of sp³-hybridized carbons (Fsp3) is 0.412. The molecule has 0 spiro atoms. The van der Waals surface area contributed by atoms with Gasteiger partial charge in [0.15, 0.2) is 0 Å². The van der Waals surface area contributed by atoms with Crippen LogP contribution in [0.15, 0.2) is 24.5 Å². The first kappa shape index (κ1) is 12.3. The highest BCUT2D eigenvalue weighted by atomic mass is 14.7. The smallest absolute Gasteiger partial charge is 0.0482 e. The van der Waals surface area contributed by atoms with Crippen LogP contribution in [-0.4, -0.2) is 9.97 Å². The Labute approximate surface area is 114 Å². The van der Waals surface area contributed by atoms with Crippen LogP contribution in [0.5, 0.6) is 0 Å². The van der Waals surface area contributed by atoms with E-state index in [0.717, 1.165) is 19.3 Å². The van der Waals surface area contributed by atoms with Gasteiger partial charge in [0.2, 0.25) is 0 Å². The standard InChI is InChI=1S/C17H20N2/c1-3-12-11-18-9-8-14(12)15-10-13-6-5-7-17(13)19-16(15)4-2/h8-11H,3-7H2,1-2H3. The number of hydrogen-bond acceptors (Lipinski definition) is 2. The summed E-state index contributed by atoms with van der Waals surface area (Å²) in [5, 5.41) is 0. The number of pyridine rings is 2. The third-order valence-electron chi connectivity index (χ3n) is 4.04. The fourth-order valence-electron chi connectivity index (χ4n) is 2.99. The molecular weight excluding hydrogens is 232 g/mol. The molecule has 19 heavy (non-hydrogen) atoms. The van der Waals surface area contributed by atoms with Crippen LogP contribution >= 0.6 is 0 Å². The van der Waals surface area contributed by atoms with Crippen LogP contribution in [-0.2, 0) is 25.7 Å². The summed E-state index contributed by atoms with van der Waals surface area (Å²) in [5.74, 6) is 0. The van der Waals surface area contributed by atoms with Crippen molar-refractivity contribution in [3.8, 4) is 11.1 Å². The van der Waals surface area contributed by atoms with E-state index in [-0.39, 0.29) is 0 Å². The predicted molar refractivity (Wildman–Crippen MR) is 78.2 cm³/mol. The van der Waals surface area contributed by atoms with Crippen LogP contribution < -0.4 is 0 Å². The van der Waals surface area contributed by atoms with E-state index < -0.39 is 0 Å². The number of nitrogens with zero attached hydrogens (tertiary/aromatic N) is 2. The minimum absolute atomic E-state index is 0.994. The molecule has 2 heteroatoms. The van der Waals surface area contributed by atoms with Gasteiger partial charge in [0.25, 0.3) is 0 Å². The molecule has 0 aromatic carbocycles. The predicted octanol–water partition coefficient (Wildman–Crippen LogP) is 3.76. The van der Waals surface area contributed by atoms with Gasteiger partial charge >= 0.3 is 0 Å². The highest BCUT2D eigenvalue weighted by molar-refractivity contribution is 5.70. The van der Waals surface area contributed by atoms with Gasteiger partial charge in [-0.1, -0.05) is 13.8 Å². The minimum Gasteiger partial charge on any atom is -0.264 e. The molecule has 2 aromatic heterocycles. The van der Waals surface area contributed by atoms with E-state index >= 15 is 0 Å². The average Bonchev–Trinajstić information content (AvgIpc) is 2.93. The average molecular weight is 252 g/mol. The van der Waals surface area contributed by atoms with Crippen molar-refractivity contribution in [3.05, 3.63) is 47.0 Å². The highest BCUT2D eigenvalue weighted by Crippen LogP contribution is 2.31. The van der Waals surface area contributed by atoms with Gasteiger partial charge in [0, 0.05) is 29.3 Å². The Balaban J connectivity index is 2.18. The summed E-state index contributed by atoms with van der Waals surface area (Å²) in [7, 11) is 0. The summed E-state index contributed by atoms with van der Waals surface area (Å²) in [6.45, 7) is 4.38. The van der Waals surface area contributed by atoms with Crippen molar-refractivity contribution in [2.24, 2.45) is 0 Å². The van der Waals surface area contributed by atoms with Gasteiger partial charge in [0.05, 0.1) is 0 Å². The molecule has 0 saturated carbocycles. The third kappa shape index (κ3) is 2.16. The molecule has 0 bridgehead atoms. The lowest BCUT2D eigenvalue weighted by molar-refractivity contribution is 0.891. The van der Waals surface area contributed by atoms with E-state index in [1.165, 1.54) is 46.5 Å². The topological polar surface area (TPSA) is 25.8 Å². The molecule has 0 fully saturated rings. The largest absolute Gasteiger partial charge is 0.264 e. The van der Waals surface area contributed by atoms with Crippen molar-refractivity contribution in [2.45, 2.75) is 46.0 Å². The molecule has 0 saturated heterocycles. The van der Waals surface area contributed by atoms with Gasteiger partial charge < -0.3 is 0 Å². The molecule has 0 aliphatic heterocycles. The summed E-state index contributed by atoms with van der Waals surface area (Å²) in [4.78, 5) is 9.15. The van der Waals surface area contributed by atoms with E-state index in [9.17, 15) is 0 Å². The number of aromatic nitrogens is 2. The lowest BCUT2D eigenvalue weighted by atomic mass is 9.96. The maximum atomic E-state index is 4.90. The number of hydrogen-bond donors (Lipinski definition) is 0. The molecule has 0 N–H and O–H groups in total. The second-order valence-electron chi connectivity index (χ2n) is 5.18.